The topological polar surface area (TPSA) is 66.4 Å². The summed E-state index contributed by atoms with van der Waals surface area (Å²) in [5.74, 6) is -0.979. The molecule has 0 saturated carbocycles. The third-order valence-electron chi connectivity index (χ3n) is 2.59. The first kappa shape index (κ1) is 13.9. The molecule has 0 aromatic carbocycles. The summed E-state index contributed by atoms with van der Waals surface area (Å²) in [6.45, 7) is 5.56. The van der Waals surface area contributed by atoms with E-state index in [1.54, 1.807) is 0 Å². The van der Waals surface area contributed by atoms with E-state index in [0.717, 1.165) is 12.8 Å². The van der Waals surface area contributed by atoms with Gasteiger partial charge in [0.25, 0.3) is 0 Å². The number of rotatable bonds is 7. The Morgan fingerprint density at radius 3 is 1.93 bits per heavy atom. The van der Waals surface area contributed by atoms with Crippen molar-refractivity contribution in [3.05, 3.63) is 0 Å². The number of carboxylic acid groups (broad SMARTS) is 1. The Morgan fingerprint density at radius 2 is 1.67 bits per heavy atom. The van der Waals surface area contributed by atoms with Crippen molar-refractivity contribution >= 4 is 11.9 Å². The van der Waals surface area contributed by atoms with Crippen molar-refractivity contribution in [1.82, 2.24) is 5.32 Å². The van der Waals surface area contributed by atoms with Crippen molar-refractivity contribution in [3.63, 3.8) is 0 Å². The highest BCUT2D eigenvalue weighted by Crippen LogP contribution is 2.29. The molecule has 0 rings (SSSR count). The highest BCUT2D eigenvalue weighted by atomic mass is 16.4. The zero-order valence-electron chi connectivity index (χ0n) is 9.80. The maximum Gasteiger partial charge on any atom is 0.311 e. The molecule has 4 heteroatoms. The summed E-state index contributed by atoms with van der Waals surface area (Å²) in [4.78, 5) is 22.1. The molecule has 0 atom stereocenters. The Bertz CT molecular complexity index is 220. The Labute approximate surface area is 91.1 Å². The molecule has 0 aliphatic carbocycles. The molecule has 1 amide bonds. The van der Waals surface area contributed by atoms with E-state index in [1.165, 1.54) is 6.92 Å². The Morgan fingerprint density at radius 1 is 1.20 bits per heavy atom. The minimum absolute atomic E-state index is 0.173. The summed E-state index contributed by atoms with van der Waals surface area (Å²) in [6.07, 6.45) is 2.84. The number of hydrogen-bond acceptors (Lipinski definition) is 2. The van der Waals surface area contributed by atoms with Gasteiger partial charge in [0.2, 0.25) is 5.91 Å². The standard InChI is InChI=1S/C11H21NO3/c1-4-6-11(7-5-2,10(14)15)8-12-9(3)13/h4-8H2,1-3H3,(H,12,13)(H,14,15). The van der Waals surface area contributed by atoms with Crippen LogP contribution in [-0.4, -0.2) is 23.5 Å². The van der Waals surface area contributed by atoms with Crippen molar-refractivity contribution in [2.24, 2.45) is 5.41 Å². The third-order valence-corrected chi connectivity index (χ3v) is 2.59. The van der Waals surface area contributed by atoms with E-state index in [2.05, 4.69) is 5.32 Å². The van der Waals surface area contributed by atoms with E-state index in [4.69, 9.17) is 0 Å². The molecule has 0 radical (unpaired) electrons. The van der Waals surface area contributed by atoms with E-state index in [9.17, 15) is 14.7 Å². The maximum absolute atomic E-state index is 11.3. The van der Waals surface area contributed by atoms with Gasteiger partial charge in [-0.3, -0.25) is 9.59 Å². The fourth-order valence-corrected chi connectivity index (χ4v) is 1.84. The van der Waals surface area contributed by atoms with Gasteiger partial charge in [-0.2, -0.15) is 0 Å². The number of hydrogen-bond donors (Lipinski definition) is 2. The minimum atomic E-state index is -0.806. The first-order valence-electron chi connectivity index (χ1n) is 5.46. The fourth-order valence-electron chi connectivity index (χ4n) is 1.84. The van der Waals surface area contributed by atoms with Crippen LogP contribution >= 0.6 is 0 Å². The van der Waals surface area contributed by atoms with Crippen LogP contribution in [0.25, 0.3) is 0 Å². The number of nitrogens with one attached hydrogen (secondary N) is 1. The predicted octanol–water partition coefficient (Wildman–Crippen LogP) is 1.79. The number of aliphatic carboxylic acids is 1. The van der Waals surface area contributed by atoms with Gasteiger partial charge in [0.1, 0.15) is 0 Å². The second-order valence-corrected chi connectivity index (χ2v) is 4.00. The van der Waals surface area contributed by atoms with Crippen molar-refractivity contribution in [2.45, 2.75) is 46.5 Å². The molecule has 0 aromatic heterocycles. The van der Waals surface area contributed by atoms with Gasteiger partial charge in [-0.05, 0) is 12.8 Å². The van der Waals surface area contributed by atoms with E-state index in [-0.39, 0.29) is 12.5 Å². The number of carbonyl (C=O) groups is 2. The lowest BCUT2D eigenvalue weighted by atomic mass is 9.79. The lowest BCUT2D eigenvalue weighted by molar-refractivity contribution is -0.150. The largest absolute Gasteiger partial charge is 0.481 e. The van der Waals surface area contributed by atoms with Crippen LogP contribution in [0, 0.1) is 5.41 Å². The molecule has 0 unspecified atom stereocenters. The van der Waals surface area contributed by atoms with Crippen LogP contribution in [0.4, 0.5) is 0 Å². The Balaban J connectivity index is 4.61. The molecule has 88 valence electrons. The molecule has 0 heterocycles. The monoisotopic (exact) mass is 215 g/mol. The first-order chi connectivity index (χ1) is 6.98. The van der Waals surface area contributed by atoms with Crippen molar-refractivity contribution in [1.29, 1.82) is 0 Å². The molecular weight excluding hydrogens is 194 g/mol. The van der Waals surface area contributed by atoms with Crippen LogP contribution < -0.4 is 5.32 Å². The molecule has 0 spiro atoms. The molecule has 0 saturated heterocycles. The van der Waals surface area contributed by atoms with Gasteiger partial charge < -0.3 is 10.4 Å². The average Bonchev–Trinajstić information content (AvgIpc) is 2.14. The van der Waals surface area contributed by atoms with Crippen LogP contribution in [0.15, 0.2) is 0 Å². The summed E-state index contributed by atoms with van der Waals surface area (Å²) in [5, 5.41) is 11.9. The molecule has 0 bridgehead atoms. The first-order valence-corrected chi connectivity index (χ1v) is 5.46. The van der Waals surface area contributed by atoms with Crippen LogP contribution in [0.2, 0.25) is 0 Å². The third kappa shape index (κ3) is 4.32. The van der Waals surface area contributed by atoms with Gasteiger partial charge >= 0.3 is 5.97 Å². The van der Waals surface area contributed by atoms with Crippen molar-refractivity contribution < 1.29 is 14.7 Å². The molecule has 15 heavy (non-hydrogen) atoms. The van der Waals surface area contributed by atoms with E-state index >= 15 is 0 Å². The smallest absolute Gasteiger partial charge is 0.311 e. The predicted molar refractivity (Wildman–Crippen MR) is 58.6 cm³/mol. The molecule has 4 nitrogen and oxygen atoms in total. The van der Waals surface area contributed by atoms with Gasteiger partial charge in [-0.25, -0.2) is 0 Å². The molecule has 0 aliphatic rings. The van der Waals surface area contributed by atoms with Gasteiger partial charge in [0.05, 0.1) is 5.41 Å². The summed E-state index contributed by atoms with van der Waals surface area (Å²) >= 11 is 0. The van der Waals surface area contributed by atoms with Gasteiger partial charge in [0, 0.05) is 13.5 Å². The number of carboxylic acids is 1. The summed E-state index contributed by atoms with van der Waals surface area (Å²) in [7, 11) is 0. The summed E-state index contributed by atoms with van der Waals surface area (Å²) in [5.41, 5.74) is -0.783. The SMILES string of the molecule is CCCC(CCC)(CNC(C)=O)C(=O)O. The Hall–Kier alpha value is -1.06. The number of carbonyl (C=O) groups excluding carboxylic acids is 1. The summed E-state index contributed by atoms with van der Waals surface area (Å²) in [6, 6.07) is 0. The van der Waals surface area contributed by atoms with Crippen molar-refractivity contribution in [3.8, 4) is 0 Å². The second kappa shape index (κ2) is 6.43. The van der Waals surface area contributed by atoms with E-state index < -0.39 is 11.4 Å². The maximum atomic E-state index is 11.3. The minimum Gasteiger partial charge on any atom is -0.481 e. The number of amides is 1. The molecule has 0 fully saturated rings. The fraction of sp³-hybridized carbons (Fsp3) is 0.818. The van der Waals surface area contributed by atoms with E-state index in [1.807, 2.05) is 13.8 Å². The van der Waals surface area contributed by atoms with Gasteiger partial charge in [0.15, 0.2) is 0 Å². The molecule has 0 aromatic rings. The lowest BCUT2D eigenvalue weighted by Crippen LogP contribution is -2.42. The zero-order chi connectivity index (χ0) is 11.9. The molecule has 0 aliphatic heterocycles. The zero-order valence-corrected chi connectivity index (χ0v) is 9.80. The quantitative estimate of drug-likeness (QED) is 0.680. The highest BCUT2D eigenvalue weighted by Gasteiger charge is 2.36. The Kier molecular flexibility index (Phi) is 5.97. The molecular formula is C11H21NO3. The van der Waals surface area contributed by atoms with Gasteiger partial charge in [-0.15, -0.1) is 0 Å². The van der Waals surface area contributed by atoms with Crippen LogP contribution in [0.1, 0.15) is 46.5 Å². The van der Waals surface area contributed by atoms with Crippen LogP contribution in [0.3, 0.4) is 0 Å². The second-order valence-electron chi connectivity index (χ2n) is 4.00. The normalized spacial score (nSPS) is 11.1. The highest BCUT2D eigenvalue weighted by molar-refractivity contribution is 5.77. The summed E-state index contributed by atoms with van der Waals surface area (Å²) < 4.78 is 0. The average molecular weight is 215 g/mol. The van der Waals surface area contributed by atoms with Crippen molar-refractivity contribution in [2.75, 3.05) is 6.54 Å². The molecule has 2 N–H and O–H groups in total. The lowest BCUT2D eigenvalue weighted by Gasteiger charge is -2.28. The van der Waals surface area contributed by atoms with E-state index in [0.29, 0.717) is 12.8 Å². The van der Waals surface area contributed by atoms with Crippen LogP contribution in [0.5, 0.6) is 0 Å². The van der Waals surface area contributed by atoms with Gasteiger partial charge in [-0.1, -0.05) is 26.7 Å². The van der Waals surface area contributed by atoms with Crippen LogP contribution in [-0.2, 0) is 9.59 Å².